The lowest BCUT2D eigenvalue weighted by Gasteiger charge is -1.87. The van der Waals surface area contributed by atoms with Crippen LogP contribution in [0.15, 0.2) is 16.6 Å². The smallest absolute Gasteiger partial charge is 0.108 e. The van der Waals surface area contributed by atoms with E-state index in [0.717, 1.165) is 11.5 Å². The average Bonchev–Trinajstić information content (AvgIpc) is 2.14. The first-order valence-electron chi connectivity index (χ1n) is 2.48. The molecule has 0 aromatic carbocycles. The van der Waals surface area contributed by atoms with E-state index in [-0.39, 0.29) is 0 Å². The van der Waals surface area contributed by atoms with Gasteiger partial charge in [0.1, 0.15) is 5.04 Å². The maximum absolute atomic E-state index is 10.7. The molecule has 0 aromatic heterocycles. The lowest BCUT2D eigenvalue weighted by Crippen LogP contribution is -1.97. The summed E-state index contributed by atoms with van der Waals surface area (Å²) in [5.74, 6) is 0. The van der Waals surface area contributed by atoms with Crippen molar-refractivity contribution >= 4 is 15.8 Å². The Bertz CT molecular complexity index is 171. The van der Waals surface area contributed by atoms with Crippen molar-refractivity contribution in [3.8, 4) is 0 Å². The molecule has 44 valence electrons. The minimum absolute atomic E-state index is 0.782. The normalized spacial score (nSPS) is 26.1. The molecule has 0 spiro atoms. The van der Waals surface area contributed by atoms with Crippen LogP contribution in [0.3, 0.4) is 0 Å². The molecule has 1 heterocycles. The fourth-order valence-corrected chi connectivity index (χ4v) is 1.31. The molecule has 1 atom stereocenters. The first-order chi connectivity index (χ1) is 3.84. The summed E-state index contributed by atoms with van der Waals surface area (Å²) in [4.78, 5) is 3.87. The van der Waals surface area contributed by atoms with E-state index in [9.17, 15) is 4.21 Å². The van der Waals surface area contributed by atoms with Crippen LogP contribution < -0.4 is 0 Å². The summed E-state index contributed by atoms with van der Waals surface area (Å²) in [5, 5.41) is 2.38. The van der Waals surface area contributed by atoms with Crippen LogP contribution in [0.1, 0.15) is 13.3 Å². The van der Waals surface area contributed by atoms with Crippen LogP contribution in [-0.2, 0) is 10.8 Å². The van der Waals surface area contributed by atoms with Gasteiger partial charge in [0.15, 0.2) is 0 Å². The van der Waals surface area contributed by atoms with Crippen LogP contribution in [0.4, 0.5) is 0 Å². The van der Waals surface area contributed by atoms with Gasteiger partial charge in [0.2, 0.25) is 0 Å². The summed E-state index contributed by atoms with van der Waals surface area (Å²) in [6.45, 7) is 1.95. The van der Waals surface area contributed by atoms with Gasteiger partial charge in [-0.05, 0) is 6.42 Å². The Balaban J connectivity index is 2.73. The van der Waals surface area contributed by atoms with E-state index in [2.05, 4.69) is 4.99 Å². The highest BCUT2D eigenvalue weighted by Crippen LogP contribution is 2.02. The number of hydrogen-bond donors (Lipinski definition) is 0. The molecule has 0 bridgehead atoms. The molecule has 0 aromatic rings. The van der Waals surface area contributed by atoms with Gasteiger partial charge in [-0.3, -0.25) is 4.99 Å². The molecule has 0 fully saturated rings. The number of rotatable bonds is 1. The molecule has 1 aliphatic rings. The fourth-order valence-electron chi connectivity index (χ4n) is 0.533. The Morgan fingerprint density at radius 3 is 2.88 bits per heavy atom. The molecular formula is C5H7NOS. The third-order valence-corrected chi connectivity index (χ3v) is 2.17. The molecule has 0 aliphatic carbocycles. The largest absolute Gasteiger partial charge is 0.251 e. The lowest BCUT2D eigenvalue weighted by atomic mass is 10.5. The standard InChI is InChI=1S/C5H7NOS/c1-2-5-6-3-4-8(5)7/h3-4H,2H2,1H3. The summed E-state index contributed by atoms with van der Waals surface area (Å²) in [7, 11) is -0.891. The van der Waals surface area contributed by atoms with Crippen LogP contribution >= 0.6 is 0 Å². The summed E-state index contributed by atoms with van der Waals surface area (Å²) in [6, 6.07) is 0. The Hall–Kier alpha value is -0.440. The van der Waals surface area contributed by atoms with Gasteiger partial charge >= 0.3 is 0 Å². The molecule has 8 heavy (non-hydrogen) atoms. The predicted octanol–water partition coefficient (Wildman–Crippen LogP) is 1.03. The topological polar surface area (TPSA) is 29.4 Å². The second kappa shape index (κ2) is 2.22. The van der Waals surface area contributed by atoms with Gasteiger partial charge in [0, 0.05) is 11.6 Å². The molecule has 1 aliphatic heterocycles. The molecule has 1 unspecified atom stereocenters. The quantitative estimate of drug-likeness (QED) is 0.520. The van der Waals surface area contributed by atoms with Gasteiger partial charge in [0.25, 0.3) is 0 Å². The van der Waals surface area contributed by atoms with E-state index in [1.165, 1.54) is 0 Å². The highest BCUT2D eigenvalue weighted by atomic mass is 32.2. The minimum atomic E-state index is -0.891. The highest BCUT2D eigenvalue weighted by molar-refractivity contribution is 8.03. The van der Waals surface area contributed by atoms with Crippen molar-refractivity contribution in [3.63, 3.8) is 0 Å². The molecule has 0 saturated carbocycles. The maximum atomic E-state index is 10.7. The van der Waals surface area contributed by atoms with Gasteiger partial charge in [0.05, 0.1) is 10.8 Å². The third-order valence-electron chi connectivity index (χ3n) is 0.938. The zero-order valence-corrected chi connectivity index (χ0v) is 5.44. The molecule has 0 saturated heterocycles. The highest BCUT2D eigenvalue weighted by Gasteiger charge is 2.05. The minimum Gasteiger partial charge on any atom is -0.251 e. The Kier molecular flexibility index (Phi) is 1.58. The van der Waals surface area contributed by atoms with Crippen molar-refractivity contribution in [3.05, 3.63) is 11.6 Å². The van der Waals surface area contributed by atoms with Crippen LogP contribution in [-0.4, -0.2) is 9.25 Å². The summed E-state index contributed by atoms with van der Waals surface area (Å²) in [5.41, 5.74) is 0. The van der Waals surface area contributed by atoms with Gasteiger partial charge < -0.3 is 0 Å². The van der Waals surface area contributed by atoms with E-state index in [1.54, 1.807) is 11.6 Å². The SMILES string of the molecule is CCC1=NC=CS1=O. The van der Waals surface area contributed by atoms with Gasteiger partial charge in [-0.1, -0.05) is 6.92 Å². The lowest BCUT2D eigenvalue weighted by molar-refractivity contribution is 0.694. The molecule has 0 radical (unpaired) electrons. The zero-order valence-electron chi connectivity index (χ0n) is 4.63. The molecular weight excluding hydrogens is 122 g/mol. The Morgan fingerprint density at radius 2 is 2.62 bits per heavy atom. The second-order valence-corrected chi connectivity index (χ2v) is 2.80. The molecule has 0 N–H and O–H groups in total. The number of aliphatic imine (C=N–C) groups is 1. The Morgan fingerprint density at radius 1 is 1.88 bits per heavy atom. The second-order valence-electron chi connectivity index (χ2n) is 1.46. The molecule has 2 nitrogen and oxygen atoms in total. The van der Waals surface area contributed by atoms with Crippen LogP contribution in [0.25, 0.3) is 0 Å². The average molecular weight is 129 g/mol. The summed E-state index contributed by atoms with van der Waals surface area (Å²) >= 11 is 0. The number of nitrogens with zero attached hydrogens (tertiary/aromatic N) is 1. The first-order valence-corrected chi connectivity index (χ1v) is 3.70. The van der Waals surface area contributed by atoms with Gasteiger partial charge in [-0.25, -0.2) is 4.21 Å². The van der Waals surface area contributed by atoms with Crippen LogP contribution in [0, 0.1) is 0 Å². The van der Waals surface area contributed by atoms with E-state index in [0.29, 0.717) is 0 Å². The van der Waals surface area contributed by atoms with Crippen LogP contribution in [0.2, 0.25) is 0 Å². The summed E-state index contributed by atoms with van der Waals surface area (Å²) < 4.78 is 10.7. The van der Waals surface area contributed by atoms with Crippen molar-refractivity contribution in [1.82, 2.24) is 0 Å². The van der Waals surface area contributed by atoms with Gasteiger partial charge in [-0.15, -0.1) is 0 Å². The van der Waals surface area contributed by atoms with Crippen molar-refractivity contribution in [2.24, 2.45) is 4.99 Å². The van der Waals surface area contributed by atoms with E-state index in [4.69, 9.17) is 0 Å². The zero-order chi connectivity index (χ0) is 5.98. The van der Waals surface area contributed by atoms with Crippen molar-refractivity contribution < 1.29 is 4.21 Å². The van der Waals surface area contributed by atoms with Crippen molar-refractivity contribution in [2.45, 2.75) is 13.3 Å². The number of hydrogen-bond acceptors (Lipinski definition) is 2. The Labute approximate surface area is 50.8 Å². The third kappa shape index (κ3) is 0.865. The summed E-state index contributed by atoms with van der Waals surface area (Å²) in [6.07, 6.45) is 2.38. The predicted molar refractivity (Wildman–Crippen MR) is 35.0 cm³/mol. The fraction of sp³-hybridized carbons (Fsp3) is 0.400. The van der Waals surface area contributed by atoms with Crippen molar-refractivity contribution in [2.75, 3.05) is 0 Å². The molecule has 1 rings (SSSR count). The van der Waals surface area contributed by atoms with Crippen molar-refractivity contribution in [1.29, 1.82) is 0 Å². The van der Waals surface area contributed by atoms with Crippen LogP contribution in [0.5, 0.6) is 0 Å². The molecule has 3 heteroatoms. The first kappa shape index (κ1) is 5.69. The maximum Gasteiger partial charge on any atom is 0.108 e. The molecule has 0 amide bonds. The van der Waals surface area contributed by atoms with Gasteiger partial charge in [-0.2, -0.15) is 0 Å². The van der Waals surface area contributed by atoms with E-state index >= 15 is 0 Å². The van der Waals surface area contributed by atoms with E-state index in [1.807, 2.05) is 6.92 Å². The monoisotopic (exact) mass is 129 g/mol. The van der Waals surface area contributed by atoms with E-state index < -0.39 is 10.8 Å².